The first-order chi connectivity index (χ1) is 10.4. The molecule has 0 radical (unpaired) electrons. The van der Waals surface area contributed by atoms with Crippen LogP contribution in [0.2, 0.25) is 0 Å². The van der Waals surface area contributed by atoms with Gasteiger partial charge in [0.25, 0.3) is 0 Å². The third-order valence-electron chi connectivity index (χ3n) is 3.54. The highest BCUT2D eigenvalue weighted by atomic mass is 16.5. The van der Waals surface area contributed by atoms with Crippen molar-refractivity contribution in [3.8, 4) is 0 Å². The van der Waals surface area contributed by atoms with E-state index in [9.17, 15) is 0 Å². The Labute approximate surface area is 124 Å². The van der Waals surface area contributed by atoms with Crippen LogP contribution in [0.25, 0.3) is 0 Å². The minimum absolute atomic E-state index is 0.446. The van der Waals surface area contributed by atoms with Gasteiger partial charge in [-0.05, 0) is 18.2 Å². The molecular weight excluding hydrogens is 266 g/mol. The lowest BCUT2D eigenvalue weighted by molar-refractivity contribution is 0.178. The van der Waals surface area contributed by atoms with Crippen molar-refractivity contribution in [2.75, 3.05) is 43.1 Å². The molecule has 0 atom stereocenters. The number of ether oxygens (including phenoxy) is 1. The highest BCUT2D eigenvalue weighted by Gasteiger charge is 2.19. The fourth-order valence-electron chi connectivity index (χ4n) is 2.47. The maximum atomic E-state index is 5.09. The lowest BCUT2D eigenvalue weighted by atomic mass is 10.3. The van der Waals surface area contributed by atoms with Gasteiger partial charge in [-0.15, -0.1) is 0 Å². The molecule has 0 aliphatic carbocycles. The zero-order valence-corrected chi connectivity index (χ0v) is 12.1. The Morgan fingerprint density at radius 3 is 2.38 bits per heavy atom. The number of hydrogen-bond acceptors (Lipinski definition) is 6. The van der Waals surface area contributed by atoms with Gasteiger partial charge < -0.3 is 14.5 Å². The number of rotatable bonds is 4. The largest absolute Gasteiger partial charge is 0.377 e. The SMILES string of the molecule is COCc1nccc(N2CCN(c3ccccn3)CC2)n1. The number of anilines is 2. The average Bonchev–Trinajstić information content (AvgIpc) is 2.56. The molecule has 0 spiro atoms. The first-order valence-electron chi connectivity index (χ1n) is 7.08. The standard InChI is InChI=1S/C15H19N5O/c1-21-12-13-16-7-5-15(18-13)20-10-8-19(9-11-20)14-4-2-3-6-17-14/h2-7H,8-12H2,1H3. The molecule has 1 fully saturated rings. The minimum Gasteiger partial charge on any atom is -0.377 e. The maximum absolute atomic E-state index is 5.09. The van der Waals surface area contributed by atoms with Crippen LogP contribution in [0.3, 0.4) is 0 Å². The number of pyridine rings is 1. The Morgan fingerprint density at radius 1 is 0.952 bits per heavy atom. The van der Waals surface area contributed by atoms with Crippen LogP contribution in [0.1, 0.15) is 5.82 Å². The molecule has 6 nitrogen and oxygen atoms in total. The summed E-state index contributed by atoms with van der Waals surface area (Å²) in [5.74, 6) is 2.74. The first-order valence-corrected chi connectivity index (χ1v) is 7.08. The molecule has 6 heteroatoms. The van der Waals surface area contributed by atoms with Gasteiger partial charge in [0.2, 0.25) is 0 Å². The number of hydrogen-bond donors (Lipinski definition) is 0. The van der Waals surface area contributed by atoms with Crippen molar-refractivity contribution in [2.45, 2.75) is 6.61 Å². The molecule has 21 heavy (non-hydrogen) atoms. The summed E-state index contributed by atoms with van der Waals surface area (Å²) in [6.45, 7) is 4.20. The van der Waals surface area contributed by atoms with E-state index in [0.29, 0.717) is 6.61 Å². The molecule has 1 aliphatic heterocycles. The predicted octanol–water partition coefficient (Wildman–Crippen LogP) is 1.34. The molecule has 0 aromatic carbocycles. The summed E-state index contributed by atoms with van der Waals surface area (Å²) in [5, 5.41) is 0. The van der Waals surface area contributed by atoms with Crippen molar-refractivity contribution in [1.82, 2.24) is 15.0 Å². The maximum Gasteiger partial charge on any atom is 0.156 e. The van der Waals surface area contributed by atoms with E-state index in [1.807, 2.05) is 24.4 Å². The van der Waals surface area contributed by atoms with Crippen molar-refractivity contribution < 1.29 is 4.74 Å². The van der Waals surface area contributed by atoms with E-state index in [4.69, 9.17) is 4.74 Å². The van der Waals surface area contributed by atoms with Gasteiger partial charge in [0.1, 0.15) is 18.2 Å². The van der Waals surface area contributed by atoms with Gasteiger partial charge in [0.05, 0.1) is 0 Å². The second-order valence-corrected chi connectivity index (χ2v) is 4.93. The van der Waals surface area contributed by atoms with Gasteiger partial charge in [0.15, 0.2) is 5.82 Å². The Kier molecular flexibility index (Phi) is 4.25. The third-order valence-corrected chi connectivity index (χ3v) is 3.54. The normalized spacial score (nSPS) is 15.3. The monoisotopic (exact) mass is 285 g/mol. The van der Waals surface area contributed by atoms with Gasteiger partial charge in [-0.1, -0.05) is 6.07 Å². The second-order valence-electron chi connectivity index (χ2n) is 4.93. The Bertz CT molecular complexity index is 569. The van der Waals surface area contributed by atoms with E-state index in [-0.39, 0.29) is 0 Å². The first kappa shape index (κ1) is 13.8. The molecule has 110 valence electrons. The summed E-state index contributed by atoms with van der Waals surface area (Å²) in [6.07, 6.45) is 3.63. The van der Waals surface area contributed by atoms with E-state index in [0.717, 1.165) is 43.6 Å². The molecule has 0 unspecified atom stereocenters. The molecule has 0 saturated carbocycles. The predicted molar refractivity (Wildman–Crippen MR) is 81.4 cm³/mol. The fraction of sp³-hybridized carbons (Fsp3) is 0.400. The molecule has 1 aliphatic rings. The van der Waals surface area contributed by atoms with Crippen molar-refractivity contribution in [2.24, 2.45) is 0 Å². The van der Waals surface area contributed by atoms with Gasteiger partial charge in [0, 0.05) is 45.7 Å². The zero-order chi connectivity index (χ0) is 14.5. The summed E-state index contributed by atoms with van der Waals surface area (Å²) in [4.78, 5) is 17.7. The van der Waals surface area contributed by atoms with Crippen LogP contribution in [0, 0.1) is 0 Å². The average molecular weight is 285 g/mol. The number of methoxy groups -OCH3 is 1. The highest BCUT2D eigenvalue weighted by Crippen LogP contribution is 2.17. The smallest absolute Gasteiger partial charge is 0.156 e. The van der Waals surface area contributed by atoms with Crippen LogP contribution in [0.4, 0.5) is 11.6 Å². The zero-order valence-electron chi connectivity index (χ0n) is 12.1. The van der Waals surface area contributed by atoms with Gasteiger partial charge in [-0.25, -0.2) is 15.0 Å². The van der Waals surface area contributed by atoms with Gasteiger partial charge >= 0.3 is 0 Å². The van der Waals surface area contributed by atoms with Crippen molar-refractivity contribution in [3.63, 3.8) is 0 Å². The summed E-state index contributed by atoms with van der Waals surface area (Å²) >= 11 is 0. The van der Waals surface area contributed by atoms with E-state index in [2.05, 4.69) is 30.8 Å². The van der Waals surface area contributed by atoms with Crippen LogP contribution in [-0.2, 0) is 11.3 Å². The molecule has 2 aromatic rings. The number of piperazine rings is 1. The Balaban J connectivity index is 1.64. The van der Waals surface area contributed by atoms with Crippen molar-refractivity contribution >= 4 is 11.6 Å². The number of nitrogens with zero attached hydrogens (tertiary/aromatic N) is 5. The van der Waals surface area contributed by atoms with E-state index in [1.54, 1.807) is 13.3 Å². The second kappa shape index (κ2) is 6.49. The lowest BCUT2D eigenvalue weighted by Crippen LogP contribution is -2.47. The number of aromatic nitrogens is 3. The van der Waals surface area contributed by atoms with Crippen LogP contribution in [0.15, 0.2) is 36.7 Å². The quantitative estimate of drug-likeness (QED) is 0.845. The molecule has 0 N–H and O–H groups in total. The summed E-state index contributed by atoms with van der Waals surface area (Å²) < 4.78 is 5.09. The fourth-order valence-corrected chi connectivity index (χ4v) is 2.47. The Morgan fingerprint density at radius 2 is 1.71 bits per heavy atom. The van der Waals surface area contributed by atoms with Gasteiger partial charge in [-0.2, -0.15) is 0 Å². The topological polar surface area (TPSA) is 54.4 Å². The van der Waals surface area contributed by atoms with Crippen molar-refractivity contribution in [3.05, 3.63) is 42.5 Å². The molecule has 0 amide bonds. The van der Waals surface area contributed by atoms with Crippen LogP contribution >= 0.6 is 0 Å². The van der Waals surface area contributed by atoms with Crippen LogP contribution in [0.5, 0.6) is 0 Å². The molecule has 3 rings (SSSR count). The molecule has 2 aromatic heterocycles. The molecule has 1 saturated heterocycles. The molecule has 3 heterocycles. The van der Waals surface area contributed by atoms with Crippen LogP contribution in [-0.4, -0.2) is 48.2 Å². The minimum atomic E-state index is 0.446. The van der Waals surface area contributed by atoms with E-state index < -0.39 is 0 Å². The summed E-state index contributed by atoms with van der Waals surface area (Å²) in [7, 11) is 1.65. The molecule has 0 bridgehead atoms. The summed E-state index contributed by atoms with van der Waals surface area (Å²) in [5.41, 5.74) is 0. The highest BCUT2D eigenvalue weighted by molar-refractivity contribution is 5.44. The van der Waals surface area contributed by atoms with Crippen molar-refractivity contribution in [1.29, 1.82) is 0 Å². The van der Waals surface area contributed by atoms with E-state index in [1.165, 1.54) is 0 Å². The van der Waals surface area contributed by atoms with Gasteiger partial charge in [-0.3, -0.25) is 0 Å². The summed E-state index contributed by atoms with van der Waals surface area (Å²) in [6, 6.07) is 7.97. The lowest BCUT2D eigenvalue weighted by Gasteiger charge is -2.36. The molecular formula is C15H19N5O. The van der Waals surface area contributed by atoms with Crippen LogP contribution < -0.4 is 9.80 Å². The third kappa shape index (κ3) is 3.28. The Hall–Kier alpha value is -2.21. The van der Waals surface area contributed by atoms with E-state index >= 15 is 0 Å².